The molecule has 1 saturated heterocycles. The van der Waals surface area contributed by atoms with E-state index in [1.165, 1.54) is 15.5 Å². The van der Waals surface area contributed by atoms with Crippen molar-refractivity contribution >= 4 is 17.4 Å². The van der Waals surface area contributed by atoms with Crippen LogP contribution in [0.15, 0.2) is 12.1 Å². The van der Waals surface area contributed by atoms with Gasteiger partial charge in [0.1, 0.15) is 5.82 Å². The van der Waals surface area contributed by atoms with Crippen LogP contribution in [0, 0.1) is 5.92 Å². The number of hydrogen-bond donors (Lipinski definition) is 1. The third-order valence-electron chi connectivity index (χ3n) is 4.43. The van der Waals surface area contributed by atoms with Gasteiger partial charge in [0.15, 0.2) is 11.3 Å². The SMILES string of the molecule is CCCC1CC(=O)N(Cc2c(C(F)(F)F)nc3ccc(NC)nn23)C1. The van der Waals surface area contributed by atoms with Gasteiger partial charge in [-0.05, 0) is 24.5 Å². The summed E-state index contributed by atoms with van der Waals surface area (Å²) in [7, 11) is 1.63. The molecule has 25 heavy (non-hydrogen) atoms. The Kier molecular flexibility index (Phi) is 4.57. The summed E-state index contributed by atoms with van der Waals surface area (Å²) in [6, 6.07) is 3.04. The van der Waals surface area contributed by atoms with E-state index in [0.717, 1.165) is 12.8 Å². The van der Waals surface area contributed by atoms with Gasteiger partial charge >= 0.3 is 6.18 Å². The quantitative estimate of drug-likeness (QED) is 0.896. The lowest BCUT2D eigenvalue weighted by Crippen LogP contribution is -2.27. The summed E-state index contributed by atoms with van der Waals surface area (Å²) >= 11 is 0. The van der Waals surface area contributed by atoms with Crippen molar-refractivity contribution in [3.8, 4) is 0 Å². The number of aromatic nitrogens is 3. The van der Waals surface area contributed by atoms with E-state index in [-0.39, 0.29) is 29.7 Å². The molecule has 1 amide bonds. The van der Waals surface area contributed by atoms with E-state index in [4.69, 9.17) is 0 Å². The third kappa shape index (κ3) is 3.40. The molecule has 0 bridgehead atoms. The molecule has 1 atom stereocenters. The van der Waals surface area contributed by atoms with Crippen molar-refractivity contribution in [2.45, 2.75) is 38.9 Å². The van der Waals surface area contributed by atoms with Crippen LogP contribution in [0.5, 0.6) is 0 Å². The van der Waals surface area contributed by atoms with Gasteiger partial charge in [-0.25, -0.2) is 9.50 Å². The molecule has 3 heterocycles. The van der Waals surface area contributed by atoms with Gasteiger partial charge in [0.05, 0.1) is 12.2 Å². The van der Waals surface area contributed by atoms with Crippen molar-refractivity contribution in [1.29, 1.82) is 0 Å². The molecule has 0 aromatic carbocycles. The zero-order chi connectivity index (χ0) is 18.2. The summed E-state index contributed by atoms with van der Waals surface area (Å²) in [5.41, 5.74) is -0.983. The molecule has 2 aromatic heterocycles. The van der Waals surface area contributed by atoms with Crippen LogP contribution in [-0.4, -0.2) is 39.0 Å². The first-order chi connectivity index (χ1) is 11.8. The molecule has 1 fully saturated rings. The number of imidazole rings is 1. The van der Waals surface area contributed by atoms with Crippen LogP contribution in [0.4, 0.5) is 19.0 Å². The van der Waals surface area contributed by atoms with Crippen LogP contribution in [-0.2, 0) is 17.5 Å². The third-order valence-corrected chi connectivity index (χ3v) is 4.43. The van der Waals surface area contributed by atoms with Crippen molar-refractivity contribution in [2.75, 3.05) is 18.9 Å². The standard InChI is InChI=1S/C16H20F3N5O/c1-3-4-10-7-14(25)23(8-10)9-11-15(16(17,18)19)21-13-6-5-12(20-2)22-24(11)13/h5-6,10H,3-4,7-9H2,1-2H3,(H,20,22). The minimum absolute atomic E-state index is 0.106. The predicted octanol–water partition coefficient (Wildman–Crippen LogP) is 2.94. The highest BCUT2D eigenvalue weighted by atomic mass is 19.4. The summed E-state index contributed by atoms with van der Waals surface area (Å²) in [6.07, 6.45) is -2.37. The lowest BCUT2D eigenvalue weighted by molar-refractivity contribution is -0.142. The van der Waals surface area contributed by atoms with Crippen molar-refractivity contribution in [1.82, 2.24) is 19.5 Å². The highest BCUT2D eigenvalue weighted by Crippen LogP contribution is 2.33. The zero-order valence-corrected chi connectivity index (χ0v) is 14.1. The number of likely N-dealkylation sites (tertiary alicyclic amines) is 1. The number of anilines is 1. The molecule has 3 rings (SSSR count). The Hall–Kier alpha value is -2.32. The Morgan fingerprint density at radius 1 is 1.36 bits per heavy atom. The Bertz CT molecular complexity index is 786. The summed E-state index contributed by atoms with van der Waals surface area (Å²) in [5, 5.41) is 6.95. The van der Waals surface area contributed by atoms with Crippen LogP contribution in [0.1, 0.15) is 37.6 Å². The molecule has 2 aromatic rings. The number of nitrogens with one attached hydrogen (secondary N) is 1. The van der Waals surface area contributed by atoms with Crippen molar-refractivity contribution in [2.24, 2.45) is 5.92 Å². The first kappa shape index (κ1) is 17.5. The Balaban J connectivity index is 2.00. The summed E-state index contributed by atoms with van der Waals surface area (Å²) in [4.78, 5) is 17.4. The number of alkyl halides is 3. The Morgan fingerprint density at radius 2 is 2.12 bits per heavy atom. The van der Waals surface area contributed by atoms with Crippen LogP contribution in [0.3, 0.4) is 0 Å². The molecule has 1 aliphatic heterocycles. The van der Waals surface area contributed by atoms with Crippen LogP contribution in [0.25, 0.3) is 5.65 Å². The first-order valence-corrected chi connectivity index (χ1v) is 8.24. The zero-order valence-electron chi connectivity index (χ0n) is 14.1. The van der Waals surface area contributed by atoms with E-state index in [2.05, 4.69) is 15.4 Å². The first-order valence-electron chi connectivity index (χ1n) is 8.24. The molecular weight excluding hydrogens is 335 g/mol. The molecule has 0 radical (unpaired) electrons. The van der Waals surface area contributed by atoms with Gasteiger partial charge in [-0.15, -0.1) is 5.10 Å². The molecule has 0 aliphatic carbocycles. The van der Waals surface area contributed by atoms with Crippen LogP contribution >= 0.6 is 0 Å². The minimum Gasteiger partial charge on any atom is -0.372 e. The number of rotatable bonds is 5. The normalized spacial score (nSPS) is 18.4. The van der Waals surface area contributed by atoms with E-state index in [1.807, 2.05) is 6.92 Å². The fourth-order valence-electron chi connectivity index (χ4n) is 3.27. The fraction of sp³-hybridized carbons (Fsp3) is 0.562. The number of halogens is 3. The van der Waals surface area contributed by atoms with E-state index < -0.39 is 11.9 Å². The molecule has 9 heteroatoms. The number of nitrogens with zero attached hydrogens (tertiary/aromatic N) is 4. The van der Waals surface area contributed by atoms with Crippen molar-refractivity contribution in [3.63, 3.8) is 0 Å². The van der Waals surface area contributed by atoms with Gasteiger partial charge in [0, 0.05) is 20.0 Å². The Morgan fingerprint density at radius 3 is 2.76 bits per heavy atom. The van der Waals surface area contributed by atoms with Gasteiger partial charge in [-0.1, -0.05) is 13.3 Å². The fourth-order valence-corrected chi connectivity index (χ4v) is 3.27. The second-order valence-electron chi connectivity index (χ2n) is 6.28. The lowest BCUT2D eigenvalue weighted by atomic mass is 10.0. The average molecular weight is 355 g/mol. The highest BCUT2D eigenvalue weighted by molar-refractivity contribution is 5.78. The lowest BCUT2D eigenvalue weighted by Gasteiger charge is -2.17. The van der Waals surface area contributed by atoms with E-state index >= 15 is 0 Å². The summed E-state index contributed by atoms with van der Waals surface area (Å²) in [6.45, 7) is 2.36. The van der Waals surface area contributed by atoms with E-state index in [9.17, 15) is 18.0 Å². The number of hydrogen-bond acceptors (Lipinski definition) is 4. The van der Waals surface area contributed by atoms with Crippen LogP contribution < -0.4 is 5.32 Å². The smallest absolute Gasteiger partial charge is 0.372 e. The maximum absolute atomic E-state index is 13.4. The monoisotopic (exact) mass is 355 g/mol. The molecule has 136 valence electrons. The van der Waals surface area contributed by atoms with Gasteiger partial charge in [-0.2, -0.15) is 13.2 Å². The van der Waals surface area contributed by atoms with Gasteiger partial charge in [0.2, 0.25) is 5.91 Å². The van der Waals surface area contributed by atoms with Gasteiger partial charge in [-0.3, -0.25) is 4.79 Å². The maximum atomic E-state index is 13.4. The number of carbonyl (C=O) groups excluding carboxylic acids is 1. The minimum atomic E-state index is -4.60. The van der Waals surface area contributed by atoms with E-state index in [0.29, 0.717) is 18.8 Å². The Labute approximate surface area is 143 Å². The average Bonchev–Trinajstić information content (AvgIpc) is 3.08. The number of fused-ring (bicyclic) bond motifs is 1. The molecule has 1 aliphatic rings. The largest absolute Gasteiger partial charge is 0.435 e. The number of carbonyl (C=O) groups is 1. The number of amides is 1. The second kappa shape index (κ2) is 6.53. The van der Waals surface area contributed by atoms with Crippen LogP contribution in [0.2, 0.25) is 0 Å². The maximum Gasteiger partial charge on any atom is 0.435 e. The predicted molar refractivity (Wildman–Crippen MR) is 86.0 cm³/mol. The van der Waals surface area contributed by atoms with E-state index in [1.54, 1.807) is 13.1 Å². The molecule has 1 N–H and O–H groups in total. The summed E-state index contributed by atoms with van der Waals surface area (Å²) in [5.74, 6) is 0.509. The van der Waals surface area contributed by atoms with Gasteiger partial charge in [0.25, 0.3) is 0 Å². The molecule has 0 saturated carbocycles. The topological polar surface area (TPSA) is 62.5 Å². The van der Waals surface area contributed by atoms with Crippen molar-refractivity contribution < 1.29 is 18.0 Å². The van der Waals surface area contributed by atoms with Crippen molar-refractivity contribution in [3.05, 3.63) is 23.5 Å². The summed E-state index contributed by atoms with van der Waals surface area (Å²) < 4.78 is 41.4. The molecule has 1 unspecified atom stereocenters. The molecule has 6 nitrogen and oxygen atoms in total. The molecule has 0 spiro atoms. The second-order valence-corrected chi connectivity index (χ2v) is 6.28. The van der Waals surface area contributed by atoms with Gasteiger partial charge < -0.3 is 10.2 Å². The highest BCUT2D eigenvalue weighted by Gasteiger charge is 2.40. The molecular formula is C16H20F3N5O.